The summed E-state index contributed by atoms with van der Waals surface area (Å²) in [5.41, 5.74) is 0.417. The lowest BCUT2D eigenvalue weighted by atomic mass is 10.1. The predicted molar refractivity (Wildman–Crippen MR) is 59.2 cm³/mol. The maximum atomic E-state index is 13.5. The Morgan fingerprint density at radius 1 is 0.750 bits per heavy atom. The van der Waals surface area contributed by atoms with Crippen LogP contribution in [-0.4, -0.2) is 4.98 Å². The van der Waals surface area contributed by atoms with E-state index >= 15 is 0 Å². The number of aromatic nitrogens is 1. The summed E-state index contributed by atoms with van der Waals surface area (Å²) in [6.07, 6.45) is 0. The minimum atomic E-state index is -0.428. The highest BCUT2D eigenvalue weighted by Crippen LogP contribution is 2.22. The van der Waals surface area contributed by atoms with Crippen LogP contribution in [0.15, 0.2) is 42.5 Å². The van der Waals surface area contributed by atoms with Crippen molar-refractivity contribution < 1.29 is 8.78 Å². The van der Waals surface area contributed by atoms with Crippen molar-refractivity contribution in [1.82, 2.24) is 4.98 Å². The van der Waals surface area contributed by atoms with Crippen molar-refractivity contribution in [2.45, 2.75) is 0 Å². The summed E-state index contributed by atoms with van der Waals surface area (Å²) in [6, 6.07) is 11.1. The van der Waals surface area contributed by atoms with Gasteiger partial charge in [-0.1, -0.05) is 24.3 Å². The van der Waals surface area contributed by atoms with Crippen LogP contribution in [0.2, 0.25) is 0 Å². The number of nitrogens with zero attached hydrogens (tertiary/aromatic N) is 1. The van der Waals surface area contributed by atoms with Gasteiger partial charge < -0.3 is 0 Å². The lowest BCUT2D eigenvalue weighted by molar-refractivity contribution is 0.632. The minimum Gasteiger partial charge on any atom is -0.242 e. The van der Waals surface area contributed by atoms with E-state index in [2.05, 4.69) is 4.98 Å². The molecular formula is C13H7F2N. The Hall–Kier alpha value is -2.03. The first-order valence-electron chi connectivity index (χ1n) is 4.89. The molecule has 0 saturated carbocycles. The third-order valence-corrected chi connectivity index (χ3v) is 2.57. The molecular weight excluding hydrogens is 208 g/mol. The van der Waals surface area contributed by atoms with E-state index in [-0.39, 0.29) is 11.0 Å². The van der Waals surface area contributed by atoms with E-state index in [1.54, 1.807) is 30.3 Å². The van der Waals surface area contributed by atoms with Crippen LogP contribution in [0.1, 0.15) is 0 Å². The number of fused-ring (bicyclic) bond motifs is 2. The first-order valence-corrected chi connectivity index (χ1v) is 4.89. The molecule has 0 N–H and O–H groups in total. The number of hydrogen-bond acceptors (Lipinski definition) is 1. The number of hydrogen-bond donors (Lipinski definition) is 0. The lowest BCUT2D eigenvalue weighted by Gasteiger charge is -2.02. The summed E-state index contributed by atoms with van der Waals surface area (Å²) in [5.74, 6) is -0.856. The van der Waals surface area contributed by atoms with Crippen LogP contribution in [0.5, 0.6) is 0 Å². The fourth-order valence-corrected chi connectivity index (χ4v) is 1.81. The molecule has 78 valence electrons. The monoisotopic (exact) mass is 215 g/mol. The summed E-state index contributed by atoms with van der Waals surface area (Å²) >= 11 is 0. The average Bonchev–Trinajstić information content (AvgIpc) is 2.28. The molecule has 0 aliphatic rings. The zero-order valence-corrected chi connectivity index (χ0v) is 8.24. The van der Waals surface area contributed by atoms with Gasteiger partial charge in [-0.2, -0.15) is 0 Å². The smallest absolute Gasteiger partial charge is 0.149 e. The highest BCUT2D eigenvalue weighted by atomic mass is 19.1. The van der Waals surface area contributed by atoms with E-state index in [4.69, 9.17) is 0 Å². The summed E-state index contributed by atoms with van der Waals surface area (Å²) < 4.78 is 26.9. The van der Waals surface area contributed by atoms with E-state index < -0.39 is 11.6 Å². The van der Waals surface area contributed by atoms with Gasteiger partial charge in [-0.15, -0.1) is 0 Å². The Labute approximate surface area is 90.3 Å². The van der Waals surface area contributed by atoms with Crippen LogP contribution in [0, 0.1) is 11.6 Å². The molecule has 0 atom stereocenters. The predicted octanol–water partition coefficient (Wildman–Crippen LogP) is 3.67. The molecule has 0 spiro atoms. The molecule has 3 aromatic rings. The average molecular weight is 215 g/mol. The fourth-order valence-electron chi connectivity index (χ4n) is 1.81. The number of rotatable bonds is 0. The molecule has 0 unspecified atom stereocenters. The maximum absolute atomic E-state index is 13.5. The van der Waals surface area contributed by atoms with Crippen LogP contribution >= 0.6 is 0 Å². The summed E-state index contributed by atoms with van der Waals surface area (Å²) in [5, 5.41) is 1.36. The second-order valence-electron chi connectivity index (χ2n) is 3.61. The van der Waals surface area contributed by atoms with Gasteiger partial charge in [0.1, 0.15) is 22.7 Å². The van der Waals surface area contributed by atoms with Gasteiger partial charge in [0.2, 0.25) is 0 Å². The van der Waals surface area contributed by atoms with Gasteiger partial charge in [-0.3, -0.25) is 0 Å². The Bertz CT molecular complexity index is 635. The molecule has 1 aromatic heterocycles. The SMILES string of the molecule is Fc1cccc2cc3cccc(F)c3nc12. The Morgan fingerprint density at radius 3 is 1.75 bits per heavy atom. The molecule has 16 heavy (non-hydrogen) atoms. The van der Waals surface area contributed by atoms with E-state index in [1.807, 2.05) is 0 Å². The normalized spacial score (nSPS) is 11.1. The van der Waals surface area contributed by atoms with Crippen LogP contribution in [0.3, 0.4) is 0 Å². The standard InChI is InChI=1S/C13H7F2N/c14-10-5-1-3-8-7-9-4-2-6-11(15)13(9)16-12(8)10/h1-7H. The van der Waals surface area contributed by atoms with E-state index in [0.717, 1.165) is 0 Å². The van der Waals surface area contributed by atoms with E-state index in [0.29, 0.717) is 10.8 Å². The third-order valence-electron chi connectivity index (χ3n) is 2.57. The summed E-state index contributed by atoms with van der Waals surface area (Å²) in [7, 11) is 0. The quantitative estimate of drug-likeness (QED) is 0.521. The van der Waals surface area contributed by atoms with Gasteiger partial charge in [0.15, 0.2) is 0 Å². The maximum Gasteiger partial charge on any atom is 0.149 e. The largest absolute Gasteiger partial charge is 0.242 e. The van der Waals surface area contributed by atoms with Gasteiger partial charge in [-0.05, 0) is 18.2 Å². The summed E-state index contributed by atoms with van der Waals surface area (Å²) in [4.78, 5) is 4.03. The van der Waals surface area contributed by atoms with Crippen molar-refractivity contribution >= 4 is 21.8 Å². The number of para-hydroxylation sites is 2. The van der Waals surface area contributed by atoms with Crippen LogP contribution in [0.4, 0.5) is 8.78 Å². The molecule has 0 saturated heterocycles. The van der Waals surface area contributed by atoms with Crippen molar-refractivity contribution in [3.05, 3.63) is 54.1 Å². The number of benzene rings is 2. The van der Waals surface area contributed by atoms with Crippen molar-refractivity contribution in [2.24, 2.45) is 0 Å². The molecule has 3 heteroatoms. The van der Waals surface area contributed by atoms with Crippen LogP contribution < -0.4 is 0 Å². The first kappa shape index (κ1) is 9.21. The molecule has 2 aromatic carbocycles. The van der Waals surface area contributed by atoms with Gasteiger partial charge in [-0.25, -0.2) is 13.8 Å². The topological polar surface area (TPSA) is 12.9 Å². The first-order chi connectivity index (χ1) is 7.75. The molecule has 1 heterocycles. The molecule has 1 nitrogen and oxygen atoms in total. The van der Waals surface area contributed by atoms with E-state index in [1.165, 1.54) is 12.1 Å². The lowest BCUT2D eigenvalue weighted by Crippen LogP contribution is -1.88. The van der Waals surface area contributed by atoms with Crippen molar-refractivity contribution in [3.63, 3.8) is 0 Å². The Kier molecular flexibility index (Phi) is 1.86. The van der Waals surface area contributed by atoms with Crippen LogP contribution in [-0.2, 0) is 0 Å². The molecule has 0 amide bonds. The van der Waals surface area contributed by atoms with Gasteiger partial charge >= 0.3 is 0 Å². The van der Waals surface area contributed by atoms with Gasteiger partial charge in [0, 0.05) is 10.8 Å². The van der Waals surface area contributed by atoms with E-state index in [9.17, 15) is 8.78 Å². The second kappa shape index (κ2) is 3.23. The van der Waals surface area contributed by atoms with Crippen molar-refractivity contribution in [3.8, 4) is 0 Å². The van der Waals surface area contributed by atoms with Crippen molar-refractivity contribution in [1.29, 1.82) is 0 Å². The Morgan fingerprint density at radius 2 is 1.25 bits per heavy atom. The molecule has 0 radical (unpaired) electrons. The summed E-state index contributed by atoms with van der Waals surface area (Å²) in [6.45, 7) is 0. The van der Waals surface area contributed by atoms with Crippen molar-refractivity contribution in [2.75, 3.05) is 0 Å². The number of halogens is 2. The van der Waals surface area contributed by atoms with Crippen LogP contribution in [0.25, 0.3) is 21.8 Å². The highest BCUT2D eigenvalue weighted by Gasteiger charge is 2.06. The van der Waals surface area contributed by atoms with Gasteiger partial charge in [0.05, 0.1) is 0 Å². The number of pyridine rings is 1. The molecule has 3 rings (SSSR count). The minimum absolute atomic E-state index is 0.208. The molecule has 0 fully saturated rings. The zero-order valence-electron chi connectivity index (χ0n) is 8.24. The zero-order chi connectivity index (χ0) is 11.1. The molecule has 0 bridgehead atoms. The Balaban J connectivity index is 2.55. The second-order valence-corrected chi connectivity index (χ2v) is 3.61. The molecule has 0 aliphatic carbocycles. The third kappa shape index (κ3) is 1.25. The fraction of sp³-hybridized carbons (Fsp3) is 0. The van der Waals surface area contributed by atoms with Gasteiger partial charge in [0.25, 0.3) is 0 Å². The molecule has 0 aliphatic heterocycles. The highest BCUT2D eigenvalue weighted by molar-refractivity contribution is 5.93.